The van der Waals surface area contributed by atoms with Crippen LogP contribution < -0.4 is 0 Å². The lowest BCUT2D eigenvalue weighted by atomic mass is 9.75. The number of methoxy groups -OCH3 is 2. The van der Waals surface area contributed by atoms with Gasteiger partial charge in [0.15, 0.2) is 5.78 Å². The lowest BCUT2D eigenvalue weighted by Gasteiger charge is -2.46. The maximum absolute atomic E-state index is 13.5. The van der Waals surface area contributed by atoms with Gasteiger partial charge in [-0.15, -0.1) is 0 Å². The number of esters is 2. The van der Waals surface area contributed by atoms with Crippen molar-refractivity contribution in [2.45, 2.75) is 12.0 Å². The fourth-order valence-electron chi connectivity index (χ4n) is 4.99. The van der Waals surface area contributed by atoms with E-state index >= 15 is 0 Å². The number of aromatic hydroxyl groups is 1. The molecule has 0 amide bonds. The standard InChI is InChI=1S/C26H21ClN2O6/c1-34-24(32)19-11-14(22(31)18-12-15(27)7-8-21(18)30)13-29-10-9-17-16-5-3-4-6-20(16)28-23(17)26(19,29)25(33)35-2/h3-8,11-13,28,30H,9-10H2,1-2H3. The summed E-state index contributed by atoms with van der Waals surface area (Å²) in [5.41, 5.74) is 0.470. The van der Waals surface area contributed by atoms with E-state index in [2.05, 4.69) is 4.98 Å². The fraction of sp³-hybridized carbons (Fsp3) is 0.192. The number of aromatic amines is 1. The third-order valence-electron chi connectivity index (χ3n) is 6.55. The minimum Gasteiger partial charge on any atom is -0.507 e. The van der Waals surface area contributed by atoms with Crippen LogP contribution in [-0.4, -0.2) is 53.5 Å². The average molecular weight is 493 g/mol. The molecule has 35 heavy (non-hydrogen) atoms. The number of carbonyl (C=O) groups is 3. The molecule has 0 aliphatic carbocycles. The highest BCUT2D eigenvalue weighted by Crippen LogP contribution is 2.47. The summed E-state index contributed by atoms with van der Waals surface area (Å²) in [5, 5.41) is 11.5. The fourth-order valence-corrected chi connectivity index (χ4v) is 5.16. The molecule has 2 aliphatic rings. The van der Waals surface area contributed by atoms with Crippen molar-refractivity contribution >= 4 is 40.2 Å². The van der Waals surface area contributed by atoms with E-state index < -0.39 is 23.3 Å². The number of nitrogens with one attached hydrogen (secondary N) is 1. The van der Waals surface area contributed by atoms with Crippen LogP contribution >= 0.6 is 11.6 Å². The van der Waals surface area contributed by atoms with Crippen LogP contribution in [-0.2, 0) is 31.0 Å². The molecule has 3 aromatic rings. The van der Waals surface area contributed by atoms with Crippen LogP contribution in [0.1, 0.15) is 21.6 Å². The van der Waals surface area contributed by atoms with E-state index in [1.807, 2.05) is 24.3 Å². The molecule has 0 radical (unpaired) electrons. The van der Waals surface area contributed by atoms with Gasteiger partial charge in [-0.05, 0) is 42.3 Å². The third kappa shape index (κ3) is 3.24. The first-order chi connectivity index (χ1) is 16.8. The molecular formula is C26H21ClN2O6. The van der Waals surface area contributed by atoms with E-state index in [9.17, 15) is 19.5 Å². The zero-order chi connectivity index (χ0) is 24.9. The van der Waals surface area contributed by atoms with Crippen LogP contribution in [0.15, 0.2) is 65.9 Å². The number of benzene rings is 2. The Balaban J connectivity index is 1.76. The summed E-state index contributed by atoms with van der Waals surface area (Å²) < 4.78 is 10.3. The first-order valence-electron chi connectivity index (χ1n) is 10.8. The lowest BCUT2D eigenvalue weighted by molar-refractivity contribution is -0.156. The Morgan fingerprint density at radius 2 is 1.89 bits per heavy atom. The Bertz CT molecular complexity index is 1470. The molecule has 9 heteroatoms. The SMILES string of the molecule is COC(=O)C1=CC(C(=O)c2cc(Cl)ccc2O)=CN2CCc3c([nH]c4ccccc34)C12C(=O)OC. The van der Waals surface area contributed by atoms with E-state index in [1.54, 1.807) is 4.90 Å². The number of aromatic nitrogens is 1. The number of carbonyl (C=O) groups excluding carboxylic acids is 3. The Kier molecular flexibility index (Phi) is 5.40. The zero-order valence-electron chi connectivity index (χ0n) is 18.9. The maximum Gasteiger partial charge on any atom is 0.343 e. The smallest absolute Gasteiger partial charge is 0.343 e. The van der Waals surface area contributed by atoms with Gasteiger partial charge in [0.2, 0.25) is 5.54 Å². The van der Waals surface area contributed by atoms with Crippen molar-refractivity contribution in [2.24, 2.45) is 0 Å². The van der Waals surface area contributed by atoms with Gasteiger partial charge in [0.25, 0.3) is 0 Å². The van der Waals surface area contributed by atoms with Gasteiger partial charge in [-0.2, -0.15) is 0 Å². The maximum atomic E-state index is 13.5. The van der Waals surface area contributed by atoms with Crippen molar-refractivity contribution in [3.05, 3.63) is 87.7 Å². The van der Waals surface area contributed by atoms with Crippen LogP contribution in [0, 0.1) is 0 Å². The van der Waals surface area contributed by atoms with Gasteiger partial charge in [-0.1, -0.05) is 29.8 Å². The summed E-state index contributed by atoms with van der Waals surface area (Å²) in [4.78, 5) is 45.0. The second kappa shape index (κ2) is 8.32. The number of ketones is 1. The monoisotopic (exact) mass is 492 g/mol. The number of para-hydroxylation sites is 1. The molecule has 2 aliphatic heterocycles. The lowest BCUT2D eigenvalue weighted by Crippen LogP contribution is -2.58. The van der Waals surface area contributed by atoms with Crippen molar-refractivity contribution in [1.29, 1.82) is 0 Å². The first kappa shape index (κ1) is 22.7. The number of halogens is 1. The largest absolute Gasteiger partial charge is 0.507 e. The number of Topliss-reactive ketones (excluding diaryl/α,β-unsaturated/α-hetero) is 1. The molecule has 0 saturated heterocycles. The molecule has 8 nitrogen and oxygen atoms in total. The molecule has 1 unspecified atom stereocenters. The molecule has 0 fully saturated rings. The third-order valence-corrected chi connectivity index (χ3v) is 6.78. The number of allylic oxidation sites excluding steroid dienone is 2. The van der Waals surface area contributed by atoms with E-state index in [1.165, 1.54) is 44.7 Å². The second-order valence-electron chi connectivity index (χ2n) is 8.29. The number of hydrogen-bond acceptors (Lipinski definition) is 7. The van der Waals surface area contributed by atoms with Crippen molar-refractivity contribution in [3.8, 4) is 5.75 Å². The average Bonchev–Trinajstić information content (AvgIpc) is 3.27. The number of nitrogens with zero attached hydrogens (tertiary/aromatic N) is 1. The van der Waals surface area contributed by atoms with Crippen LogP contribution in [0.25, 0.3) is 10.9 Å². The summed E-state index contributed by atoms with van der Waals surface area (Å²) >= 11 is 6.04. The number of hydrogen-bond donors (Lipinski definition) is 2. The van der Waals surface area contributed by atoms with Crippen molar-refractivity contribution in [2.75, 3.05) is 20.8 Å². The zero-order valence-corrected chi connectivity index (χ0v) is 19.7. The highest BCUT2D eigenvalue weighted by atomic mass is 35.5. The Morgan fingerprint density at radius 1 is 1.11 bits per heavy atom. The van der Waals surface area contributed by atoms with Crippen LogP contribution in [0.2, 0.25) is 5.02 Å². The number of rotatable bonds is 4. The molecule has 1 aromatic heterocycles. The number of fused-ring (bicyclic) bond motifs is 5. The first-order valence-corrected chi connectivity index (χ1v) is 11.2. The second-order valence-corrected chi connectivity index (χ2v) is 8.73. The predicted octanol–water partition coefficient (Wildman–Crippen LogP) is 3.63. The number of phenols is 1. The quantitative estimate of drug-likeness (QED) is 0.423. The molecule has 3 heterocycles. The van der Waals surface area contributed by atoms with Crippen LogP contribution in [0.4, 0.5) is 0 Å². The molecule has 0 saturated carbocycles. The van der Waals surface area contributed by atoms with E-state index in [4.69, 9.17) is 21.1 Å². The van der Waals surface area contributed by atoms with Gasteiger partial charge in [-0.3, -0.25) is 4.79 Å². The summed E-state index contributed by atoms with van der Waals surface area (Å²) in [6.45, 7) is 0.316. The van der Waals surface area contributed by atoms with E-state index in [0.29, 0.717) is 18.7 Å². The molecule has 5 rings (SSSR count). The number of phenolic OH excluding ortho intramolecular Hbond substituents is 1. The minimum atomic E-state index is -1.69. The highest BCUT2D eigenvalue weighted by molar-refractivity contribution is 6.31. The number of H-pyrrole nitrogens is 1. The molecule has 0 bridgehead atoms. The molecule has 2 N–H and O–H groups in total. The van der Waals surface area contributed by atoms with Gasteiger partial charge < -0.3 is 24.5 Å². The number of ether oxygens (including phenoxy) is 2. The summed E-state index contributed by atoms with van der Waals surface area (Å²) in [6, 6.07) is 11.7. The van der Waals surface area contributed by atoms with Crippen molar-refractivity contribution < 1.29 is 29.0 Å². The Hall–Kier alpha value is -4.04. The van der Waals surface area contributed by atoms with E-state index in [0.717, 1.165) is 16.5 Å². The summed E-state index contributed by atoms with van der Waals surface area (Å²) in [7, 11) is 2.45. The molecule has 2 aromatic carbocycles. The predicted molar refractivity (Wildman–Crippen MR) is 128 cm³/mol. The normalized spacial score (nSPS) is 18.8. The molecule has 1 atom stereocenters. The van der Waals surface area contributed by atoms with Crippen molar-refractivity contribution in [3.63, 3.8) is 0 Å². The molecule has 178 valence electrons. The van der Waals surface area contributed by atoms with Crippen molar-refractivity contribution in [1.82, 2.24) is 9.88 Å². The van der Waals surface area contributed by atoms with E-state index in [-0.39, 0.29) is 27.5 Å². The molecule has 0 spiro atoms. The Morgan fingerprint density at radius 3 is 2.63 bits per heavy atom. The van der Waals surface area contributed by atoms with Gasteiger partial charge in [0.1, 0.15) is 5.75 Å². The van der Waals surface area contributed by atoms with Gasteiger partial charge in [-0.25, -0.2) is 9.59 Å². The minimum absolute atomic E-state index is 0.0295. The summed E-state index contributed by atoms with van der Waals surface area (Å²) in [6.07, 6.45) is 3.38. The van der Waals surface area contributed by atoms with Gasteiger partial charge in [0.05, 0.1) is 31.1 Å². The van der Waals surface area contributed by atoms with Gasteiger partial charge in [0, 0.05) is 34.2 Å². The summed E-state index contributed by atoms with van der Waals surface area (Å²) in [5.74, 6) is -2.31. The topological polar surface area (TPSA) is 109 Å². The van der Waals surface area contributed by atoms with Crippen LogP contribution in [0.3, 0.4) is 0 Å². The Labute approximate surface area is 205 Å². The van der Waals surface area contributed by atoms with Crippen LogP contribution in [0.5, 0.6) is 5.75 Å². The highest BCUT2D eigenvalue weighted by Gasteiger charge is 2.58. The van der Waals surface area contributed by atoms with Gasteiger partial charge >= 0.3 is 11.9 Å². The molecular weight excluding hydrogens is 472 g/mol.